The van der Waals surface area contributed by atoms with E-state index in [-0.39, 0.29) is 5.91 Å². The van der Waals surface area contributed by atoms with Crippen LogP contribution in [0.5, 0.6) is 0 Å². The van der Waals surface area contributed by atoms with Crippen molar-refractivity contribution in [2.45, 2.75) is 27.7 Å². The van der Waals surface area contributed by atoms with Gasteiger partial charge in [0.25, 0.3) is 0 Å². The van der Waals surface area contributed by atoms with Gasteiger partial charge in [-0.1, -0.05) is 32.4 Å². The Bertz CT molecular complexity index is 424. The molecule has 1 aromatic rings. The molecule has 88 valence electrons. The molecule has 1 aromatic carbocycles. The van der Waals surface area contributed by atoms with Crippen LogP contribution in [-0.4, -0.2) is 5.91 Å². The lowest BCUT2D eigenvalue weighted by atomic mass is 9.95. The summed E-state index contributed by atoms with van der Waals surface area (Å²) in [5, 5.41) is 3.51. The Morgan fingerprint density at radius 3 is 2.44 bits per heavy atom. The van der Waals surface area contributed by atoms with Gasteiger partial charge < -0.3 is 5.32 Å². The molecule has 0 spiro atoms. The SMILES string of the molecule is Cc1c(NC(=O)C(C)(C)C)ccc(Br)c1Cl. The average molecular weight is 305 g/mol. The predicted octanol–water partition coefficient (Wildman–Crippen LogP) is 4.40. The second-order valence-electron chi connectivity index (χ2n) is 4.74. The van der Waals surface area contributed by atoms with Gasteiger partial charge in [0.05, 0.1) is 5.02 Å². The zero-order valence-electron chi connectivity index (χ0n) is 9.82. The minimum Gasteiger partial charge on any atom is -0.325 e. The first kappa shape index (κ1) is 13.5. The first-order valence-electron chi connectivity index (χ1n) is 4.99. The third-order valence-corrected chi connectivity index (χ3v) is 3.64. The van der Waals surface area contributed by atoms with E-state index in [1.165, 1.54) is 0 Å². The lowest BCUT2D eigenvalue weighted by molar-refractivity contribution is -0.123. The highest BCUT2D eigenvalue weighted by molar-refractivity contribution is 9.10. The average Bonchev–Trinajstić information content (AvgIpc) is 2.17. The first-order chi connectivity index (χ1) is 7.23. The number of nitrogens with one attached hydrogen (secondary N) is 1. The van der Waals surface area contributed by atoms with Gasteiger partial charge in [0.1, 0.15) is 0 Å². The van der Waals surface area contributed by atoms with Gasteiger partial charge >= 0.3 is 0 Å². The Labute approximate surface area is 110 Å². The van der Waals surface area contributed by atoms with E-state index in [1.54, 1.807) is 0 Å². The number of carbonyl (C=O) groups is 1. The second-order valence-corrected chi connectivity index (χ2v) is 5.97. The number of hydrogen-bond donors (Lipinski definition) is 1. The fraction of sp³-hybridized carbons (Fsp3) is 0.417. The third kappa shape index (κ3) is 2.98. The largest absolute Gasteiger partial charge is 0.325 e. The summed E-state index contributed by atoms with van der Waals surface area (Å²) < 4.78 is 0.834. The monoisotopic (exact) mass is 303 g/mol. The molecule has 0 fully saturated rings. The maximum atomic E-state index is 11.8. The van der Waals surface area contributed by atoms with Crippen molar-refractivity contribution in [3.05, 3.63) is 27.2 Å². The van der Waals surface area contributed by atoms with Crippen LogP contribution in [0.1, 0.15) is 26.3 Å². The molecule has 0 aliphatic rings. The van der Waals surface area contributed by atoms with Crippen molar-refractivity contribution >= 4 is 39.1 Å². The number of anilines is 1. The summed E-state index contributed by atoms with van der Waals surface area (Å²) in [4.78, 5) is 11.8. The predicted molar refractivity (Wildman–Crippen MR) is 72.0 cm³/mol. The topological polar surface area (TPSA) is 29.1 Å². The third-order valence-electron chi connectivity index (χ3n) is 2.27. The summed E-state index contributed by atoms with van der Waals surface area (Å²) in [5.74, 6) is -0.0195. The fourth-order valence-corrected chi connectivity index (χ4v) is 1.69. The summed E-state index contributed by atoms with van der Waals surface area (Å²) in [6.07, 6.45) is 0. The van der Waals surface area contributed by atoms with Crippen molar-refractivity contribution in [2.24, 2.45) is 5.41 Å². The van der Waals surface area contributed by atoms with Gasteiger partial charge in [-0.05, 0) is 40.5 Å². The Balaban J connectivity index is 3.00. The van der Waals surface area contributed by atoms with Crippen LogP contribution in [0.25, 0.3) is 0 Å². The molecule has 0 aromatic heterocycles. The summed E-state index contributed by atoms with van der Waals surface area (Å²) in [6.45, 7) is 7.50. The Morgan fingerprint density at radius 1 is 1.38 bits per heavy atom. The van der Waals surface area contributed by atoms with E-state index in [4.69, 9.17) is 11.6 Å². The molecule has 0 atom stereocenters. The van der Waals surface area contributed by atoms with Crippen molar-refractivity contribution in [1.82, 2.24) is 0 Å². The standard InChI is InChI=1S/C12H15BrClNO/c1-7-9(6-5-8(13)10(7)14)15-11(16)12(2,3)4/h5-6H,1-4H3,(H,15,16). The maximum Gasteiger partial charge on any atom is 0.229 e. The number of carbonyl (C=O) groups excluding carboxylic acids is 1. The van der Waals surface area contributed by atoms with E-state index in [2.05, 4.69) is 21.2 Å². The van der Waals surface area contributed by atoms with E-state index < -0.39 is 5.41 Å². The number of halogens is 2. The zero-order valence-corrected chi connectivity index (χ0v) is 12.2. The molecule has 0 aliphatic heterocycles. The molecule has 0 saturated carbocycles. The van der Waals surface area contributed by atoms with Gasteiger partial charge in [0.15, 0.2) is 0 Å². The lowest BCUT2D eigenvalue weighted by Crippen LogP contribution is -2.27. The van der Waals surface area contributed by atoms with Crippen LogP contribution in [0.3, 0.4) is 0 Å². The molecule has 16 heavy (non-hydrogen) atoms. The van der Waals surface area contributed by atoms with Crippen LogP contribution in [0, 0.1) is 12.3 Å². The quantitative estimate of drug-likeness (QED) is 0.819. The molecule has 1 amide bonds. The molecule has 4 heteroatoms. The van der Waals surface area contributed by atoms with Gasteiger partial charge in [-0.25, -0.2) is 0 Å². The van der Waals surface area contributed by atoms with Crippen molar-refractivity contribution in [2.75, 3.05) is 5.32 Å². The molecule has 0 aliphatic carbocycles. The van der Waals surface area contributed by atoms with Crippen LogP contribution >= 0.6 is 27.5 Å². The summed E-state index contributed by atoms with van der Waals surface area (Å²) >= 11 is 9.42. The molecule has 2 nitrogen and oxygen atoms in total. The Kier molecular flexibility index (Phi) is 4.02. The van der Waals surface area contributed by atoms with Crippen molar-refractivity contribution in [1.29, 1.82) is 0 Å². The molecule has 0 unspecified atom stereocenters. The van der Waals surface area contributed by atoms with Crippen LogP contribution in [0.2, 0.25) is 5.02 Å². The molecule has 0 radical (unpaired) electrons. The molecule has 1 rings (SSSR count). The van der Waals surface area contributed by atoms with Gasteiger partial charge in [0, 0.05) is 15.6 Å². The Hall–Kier alpha value is -0.540. The molecular weight excluding hydrogens is 289 g/mol. The zero-order chi connectivity index (χ0) is 12.5. The molecule has 0 saturated heterocycles. The molecule has 0 heterocycles. The smallest absolute Gasteiger partial charge is 0.229 e. The van der Waals surface area contributed by atoms with E-state index in [0.717, 1.165) is 15.7 Å². The lowest BCUT2D eigenvalue weighted by Gasteiger charge is -2.19. The highest BCUT2D eigenvalue weighted by Gasteiger charge is 2.22. The summed E-state index contributed by atoms with van der Waals surface area (Å²) in [5.41, 5.74) is 1.22. The normalized spacial score (nSPS) is 11.4. The van der Waals surface area contributed by atoms with Gasteiger partial charge in [-0.15, -0.1) is 0 Å². The highest BCUT2D eigenvalue weighted by Crippen LogP contribution is 2.31. The first-order valence-corrected chi connectivity index (χ1v) is 6.16. The number of benzene rings is 1. The molecular formula is C12H15BrClNO. The minimum absolute atomic E-state index is 0.0195. The van der Waals surface area contributed by atoms with E-state index in [0.29, 0.717) is 5.02 Å². The maximum absolute atomic E-state index is 11.8. The number of hydrogen-bond acceptors (Lipinski definition) is 1. The number of amides is 1. The molecule has 1 N–H and O–H groups in total. The van der Waals surface area contributed by atoms with E-state index >= 15 is 0 Å². The fourth-order valence-electron chi connectivity index (χ4n) is 1.10. The summed E-state index contributed by atoms with van der Waals surface area (Å²) in [7, 11) is 0. The van der Waals surface area contributed by atoms with Gasteiger partial charge in [-0.2, -0.15) is 0 Å². The van der Waals surface area contributed by atoms with Crippen LogP contribution in [0.4, 0.5) is 5.69 Å². The van der Waals surface area contributed by atoms with E-state index in [1.807, 2.05) is 39.8 Å². The van der Waals surface area contributed by atoms with E-state index in [9.17, 15) is 4.79 Å². The second kappa shape index (κ2) is 4.76. The van der Waals surface area contributed by atoms with Gasteiger partial charge in [0.2, 0.25) is 5.91 Å². The highest BCUT2D eigenvalue weighted by atomic mass is 79.9. The van der Waals surface area contributed by atoms with Crippen LogP contribution in [0.15, 0.2) is 16.6 Å². The van der Waals surface area contributed by atoms with Crippen LogP contribution < -0.4 is 5.32 Å². The minimum atomic E-state index is -0.411. The van der Waals surface area contributed by atoms with Crippen molar-refractivity contribution in [3.63, 3.8) is 0 Å². The van der Waals surface area contributed by atoms with Crippen LogP contribution in [-0.2, 0) is 4.79 Å². The summed E-state index contributed by atoms with van der Waals surface area (Å²) in [6, 6.07) is 3.67. The van der Waals surface area contributed by atoms with Gasteiger partial charge in [-0.3, -0.25) is 4.79 Å². The Morgan fingerprint density at radius 2 is 1.94 bits per heavy atom. The van der Waals surface area contributed by atoms with Crippen molar-refractivity contribution < 1.29 is 4.79 Å². The molecule has 0 bridgehead atoms. The number of rotatable bonds is 1. The van der Waals surface area contributed by atoms with Crippen molar-refractivity contribution in [3.8, 4) is 0 Å².